The third kappa shape index (κ3) is 2.85. The Morgan fingerprint density at radius 1 is 1.33 bits per heavy atom. The number of carbonyl (C=O) groups is 1. The molecule has 1 N–H and O–H groups in total. The topological polar surface area (TPSA) is 72.3 Å². The van der Waals surface area contributed by atoms with E-state index in [9.17, 15) is 4.79 Å². The monoisotopic (exact) mass is 248 g/mol. The lowest BCUT2D eigenvalue weighted by Gasteiger charge is -2.17. The minimum absolute atomic E-state index is 0.331. The molecule has 0 radical (unpaired) electrons. The predicted molar refractivity (Wildman–Crippen MR) is 65.7 cm³/mol. The molecule has 5 nitrogen and oxygen atoms in total. The molecule has 0 saturated carbocycles. The highest BCUT2D eigenvalue weighted by Crippen LogP contribution is 2.23. The van der Waals surface area contributed by atoms with E-state index in [2.05, 4.69) is 16.5 Å². The van der Waals surface area contributed by atoms with Crippen molar-refractivity contribution in [2.45, 2.75) is 32.1 Å². The first-order valence-corrected chi connectivity index (χ1v) is 6.05. The third-order valence-corrected chi connectivity index (χ3v) is 2.83. The summed E-state index contributed by atoms with van der Waals surface area (Å²) < 4.78 is 5.20. The van der Waals surface area contributed by atoms with Crippen molar-refractivity contribution in [3.63, 3.8) is 0 Å². The normalized spacial score (nSPS) is 13.8. The van der Waals surface area contributed by atoms with Crippen molar-refractivity contribution in [2.75, 3.05) is 6.61 Å². The maximum Gasteiger partial charge on any atom is 0.341 e. The third-order valence-electron chi connectivity index (χ3n) is 2.83. The second-order valence-corrected chi connectivity index (χ2v) is 4.25. The Hall–Kier alpha value is -1.91. The zero-order chi connectivity index (χ0) is 13.0. The fraction of sp³-hybridized carbons (Fsp3) is 0.462. The number of fused-ring (bicyclic) bond motifs is 1. The van der Waals surface area contributed by atoms with Crippen LogP contribution in [-0.2, 0) is 24.1 Å². The number of carboxylic acids is 1. The van der Waals surface area contributed by atoms with Crippen LogP contribution < -0.4 is 4.74 Å². The van der Waals surface area contributed by atoms with Gasteiger partial charge in [-0.1, -0.05) is 6.08 Å². The molecule has 0 aromatic carbocycles. The Bertz CT molecular complexity index is 472. The largest absolute Gasteiger partial charge is 0.479 e. The average molecular weight is 248 g/mol. The first-order chi connectivity index (χ1) is 8.70. The van der Waals surface area contributed by atoms with Gasteiger partial charge in [0.15, 0.2) is 6.61 Å². The highest BCUT2D eigenvalue weighted by atomic mass is 16.5. The first kappa shape index (κ1) is 12.5. The Balaban J connectivity index is 2.29. The summed E-state index contributed by atoms with van der Waals surface area (Å²) >= 11 is 0. The number of nitrogens with zero attached hydrogens (tertiary/aromatic N) is 2. The number of rotatable bonds is 5. The summed E-state index contributed by atoms with van der Waals surface area (Å²) in [4.78, 5) is 19.5. The minimum Gasteiger partial charge on any atom is -0.479 e. The Kier molecular flexibility index (Phi) is 3.92. The van der Waals surface area contributed by atoms with Crippen molar-refractivity contribution < 1.29 is 14.6 Å². The Morgan fingerprint density at radius 3 is 2.61 bits per heavy atom. The molecule has 0 amide bonds. The molecule has 1 aliphatic carbocycles. The zero-order valence-electron chi connectivity index (χ0n) is 10.2. The molecule has 1 aliphatic rings. The first-order valence-electron chi connectivity index (χ1n) is 6.05. The number of hydrogen-bond acceptors (Lipinski definition) is 4. The molecule has 5 heteroatoms. The number of aromatic nitrogens is 2. The summed E-state index contributed by atoms with van der Waals surface area (Å²) in [6, 6.07) is 0. The van der Waals surface area contributed by atoms with Crippen molar-refractivity contribution in [1.82, 2.24) is 9.97 Å². The molecule has 1 aromatic rings. The standard InChI is InChI=1S/C13H16N2O3/c1-2-5-11-13(18-8-12(16)17)15-10-7-4-3-6-9(10)14-11/h2H,1,3-8H2,(H,16,17). The Morgan fingerprint density at radius 2 is 2.00 bits per heavy atom. The molecule has 0 spiro atoms. The molecule has 1 aromatic heterocycles. The number of ether oxygens (including phenoxy) is 1. The zero-order valence-corrected chi connectivity index (χ0v) is 10.2. The Labute approximate surface area is 106 Å². The van der Waals surface area contributed by atoms with Crippen molar-refractivity contribution >= 4 is 5.97 Å². The van der Waals surface area contributed by atoms with Gasteiger partial charge in [-0.25, -0.2) is 14.8 Å². The van der Waals surface area contributed by atoms with E-state index in [1.807, 2.05) is 0 Å². The van der Waals surface area contributed by atoms with E-state index in [1.165, 1.54) is 0 Å². The second kappa shape index (κ2) is 5.62. The van der Waals surface area contributed by atoms with Crippen LogP contribution in [0.1, 0.15) is 29.9 Å². The summed E-state index contributed by atoms with van der Waals surface area (Å²) in [5.74, 6) is -0.683. The van der Waals surface area contributed by atoms with Gasteiger partial charge in [-0.15, -0.1) is 6.58 Å². The van der Waals surface area contributed by atoms with Crippen LogP contribution in [0.3, 0.4) is 0 Å². The number of aliphatic carboxylic acids is 1. The van der Waals surface area contributed by atoms with Gasteiger partial charge in [0.25, 0.3) is 0 Å². The van der Waals surface area contributed by atoms with Gasteiger partial charge in [0.05, 0.1) is 11.4 Å². The van der Waals surface area contributed by atoms with E-state index in [0.29, 0.717) is 18.0 Å². The maximum absolute atomic E-state index is 10.5. The molecule has 1 heterocycles. The summed E-state index contributed by atoms with van der Waals surface area (Å²) in [7, 11) is 0. The highest BCUT2D eigenvalue weighted by molar-refractivity contribution is 5.68. The molecule has 0 bridgehead atoms. The van der Waals surface area contributed by atoms with Crippen LogP contribution in [0.5, 0.6) is 5.88 Å². The van der Waals surface area contributed by atoms with E-state index in [1.54, 1.807) is 6.08 Å². The van der Waals surface area contributed by atoms with Gasteiger partial charge < -0.3 is 9.84 Å². The van der Waals surface area contributed by atoms with Crippen molar-refractivity contribution in [1.29, 1.82) is 0 Å². The van der Waals surface area contributed by atoms with E-state index in [-0.39, 0.29) is 0 Å². The lowest BCUT2D eigenvalue weighted by atomic mass is 10.0. The number of hydrogen-bond donors (Lipinski definition) is 1. The van der Waals surface area contributed by atoms with Crippen molar-refractivity contribution in [2.24, 2.45) is 0 Å². The van der Waals surface area contributed by atoms with Gasteiger partial charge in [-0.3, -0.25) is 0 Å². The van der Waals surface area contributed by atoms with E-state index < -0.39 is 12.6 Å². The van der Waals surface area contributed by atoms with E-state index in [0.717, 1.165) is 37.1 Å². The summed E-state index contributed by atoms with van der Waals surface area (Å²) in [5, 5.41) is 8.64. The molecule has 0 unspecified atom stereocenters. The van der Waals surface area contributed by atoms with Gasteiger partial charge in [-0.2, -0.15) is 0 Å². The molecule has 0 atom stereocenters. The second-order valence-electron chi connectivity index (χ2n) is 4.25. The molecule has 96 valence electrons. The number of carboxylic acid groups (broad SMARTS) is 1. The molecule has 0 saturated heterocycles. The van der Waals surface area contributed by atoms with Crippen LogP contribution in [0.4, 0.5) is 0 Å². The van der Waals surface area contributed by atoms with Gasteiger partial charge in [0, 0.05) is 6.42 Å². The van der Waals surface area contributed by atoms with Crippen LogP contribution in [-0.4, -0.2) is 27.7 Å². The summed E-state index contributed by atoms with van der Waals surface area (Å²) in [6.45, 7) is 3.27. The van der Waals surface area contributed by atoms with E-state index >= 15 is 0 Å². The van der Waals surface area contributed by atoms with Crippen LogP contribution >= 0.6 is 0 Å². The van der Waals surface area contributed by atoms with Crippen LogP contribution in [0.15, 0.2) is 12.7 Å². The average Bonchev–Trinajstić information content (AvgIpc) is 2.36. The summed E-state index contributed by atoms with van der Waals surface area (Å²) in [6.07, 6.45) is 6.30. The lowest BCUT2D eigenvalue weighted by molar-refractivity contribution is -0.139. The molecule has 0 aliphatic heterocycles. The number of aryl methyl sites for hydroxylation is 2. The van der Waals surface area contributed by atoms with Gasteiger partial charge >= 0.3 is 5.97 Å². The minimum atomic E-state index is -1.01. The van der Waals surface area contributed by atoms with Crippen LogP contribution in [0.2, 0.25) is 0 Å². The highest BCUT2D eigenvalue weighted by Gasteiger charge is 2.17. The molecule has 18 heavy (non-hydrogen) atoms. The van der Waals surface area contributed by atoms with Gasteiger partial charge in [-0.05, 0) is 25.7 Å². The van der Waals surface area contributed by atoms with Gasteiger partial charge in [0.2, 0.25) is 5.88 Å². The van der Waals surface area contributed by atoms with Gasteiger partial charge in [0.1, 0.15) is 5.69 Å². The molecular formula is C13H16N2O3. The number of allylic oxidation sites excluding steroid dienone is 1. The summed E-state index contributed by atoms with van der Waals surface area (Å²) in [5.41, 5.74) is 2.63. The smallest absolute Gasteiger partial charge is 0.341 e. The molecule has 0 fully saturated rings. The fourth-order valence-electron chi connectivity index (χ4n) is 2.03. The fourth-order valence-corrected chi connectivity index (χ4v) is 2.03. The SMILES string of the molecule is C=CCc1nc2c(nc1OCC(=O)O)CCCC2. The predicted octanol–water partition coefficient (Wildman–Crippen LogP) is 1.55. The molecular weight excluding hydrogens is 232 g/mol. The molecule has 2 rings (SSSR count). The van der Waals surface area contributed by atoms with Crippen molar-refractivity contribution in [3.05, 3.63) is 29.7 Å². The van der Waals surface area contributed by atoms with Crippen molar-refractivity contribution in [3.8, 4) is 5.88 Å². The van der Waals surface area contributed by atoms with Crippen LogP contribution in [0, 0.1) is 0 Å². The quantitative estimate of drug-likeness (QED) is 0.800. The van der Waals surface area contributed by atoms with Crippen LogP contribution in [0.25, 0.3) is 0 Å². The maximum atomic E-state index is 10.5. The van der Waals surface area contributed by atoms with E-state index in [4.69, 9.17) is 9.84 Å². The lowest BCUT2D eigenvalue weighted by Crippen LogP contribution is -2.16.